The summed E-state index contributed by atoms with van der Waals surface area (Å²) in [6, 6.07) is 0.446. The molecular weight excluding hydrogens is 228 g/mol. The van der Waals surface area contributed by atoms with Crippen molar-refractivity contribution < 1.29 is 9.53 Å². The lowest BCUT2D eigenvalue weighted by Gasteiger charge is -2.37. The largest absolute Gasteiger partial charge is 0.453 e. The molecule has 0 aromatic heterocycles. The Bertz CT molecular complexity index is 279. The molecule has 104 valence electrons. The molecule has 2 unspecified atom stereocenters. The Balaban J connectivity index is 1.88. The molecule has 0 aromatic carbocycles. The fourth-order valence-electron chi connectivity index (χ4n) is 2.97. The topological polar surface area (TPSA) is 41.6 Å². The van der Waals surface area contributed by atoms with E-state index in [1.54, 1.807) is 0 Å². The number of methoxy groups -OCH3 is 1. The normalized spacial score (nSPS) is 28.2. The first kappa shape index (κ1) is 13.7. The van der Waals surface area contributed by atoms with Gasteiger partial charge in [-0.05, 0) is 37.6 Å². The van der Waals surface area contributed by atoms with Gasteiger partial charge in [-0.25, -0.2) is 4.79 Å². The molecule has 2 fully saturated rings. The Labute approximate surface area is 110 Å². The van der Waals surface area contributed by atoms with Crippen LogP contribution in [0.25, 0.3) is 0 Å². The van der Waals surface area contributed by atoms with Gasteiger partial charge >= 0.3 is 6.09 Å². The summed E-state index contributed by atoms with van der Waals surface area (Å²) >= 11 is 0. The number of carbonyl (C=O) groups excluding carboxylic acids is 1. The molecule has 2 atom stereocenters. The van der Waals surface area contributed by atoms with Gasteiger partial charge < -0.3 is 15.0 Å². The number of rotatable bonds is 5. The Morgan fingerprint density at radius 1 is 1.33 bits per heavy atom. The predicted octanol–water partition coefficient (Wildman–Crippen LogP) is 2.24. The van der Waals surface area contributed by atoms with E-state index in [1.807, 2.05) is 4.90 Å². The van der Waals surface area contributed by atoms with Crippen LogP contribution >= 0.6 is 0 Å². The summed E-state index contributed by atoms with van der Waals surface area (Å²) in [5.41, 5.74) is 0. The monoisotopic (exact) mass is 254 g/mol. The van der Waals surface area contributed by atoms with Crippen molar-refractivity contribution in [3.8, 4) is 0 Å². The Morgan fingerprint density at radius 3 is 2.72 bits per heavy atom. The lowest BCUT2D eigenvalue weighted by Crippen LogP contribution is -2.51. The number of nitrogens with zero attached hydrogens (tertiary/aromatic N) is 1. The van der Waals surface area contributed by atoms with E-state index in [1.165, 1.54) is 32.8 Å². The van der Waals surface area contributed by atoms with Crippen LogP contribution in [0.5, 0.6) is 0 Å². The zero-order valence-corrected chi connectivity index (χ0v) is 11.7. The third-order valence-electron chi connectivity index (χ3n) is 4.02. The van der Waals surface area contributed by atoms with E-state index in [-0.39, 0.29) is 6.09 Å². The van der Waals surface area contributed by atoms with Crippen molar-refractivity contribution >= 4 is 6.09 Å². The van der Waals surface area contributed by atoms with Crippen molar-refractivity contribution in [2.75, 3.05) is 26.7 Å². The summed E-state index contributed by atoms with van der Waals surface area (Å²) in [5, 5.41) is 3.55. The average Bonchev–Trinajstić information content (AvgIpc) is 3.19. The number of hydrogen-bond acceptors (Lipinski definition) is 3. The van der Waals surface area contributed by atoms with Gasteiger partial charge in [-0.2, -0.15) is 0 Å². The molecule has 0 aromatic rings. The van der Waals surface area contributed by atoms with E-state index in [0.717, 1.165) is 32.0 Å². The van der Waals surface area contributed by atoms with Gasteiger partial charge in [-0.1, -0.05) is 19.8 Å². The maximum Gasteiger partial charge on any atom is 0.409 e. The van der Waals surface area contributed by atoms with Crippen LogP contribution in [-0.2, 0) is 4.74 Å². The standard InChI is InChI=1S/C14H26N2O2/c1-3-6-15-13-8-12(7-11-4-5-11)9-16(10-13)14(17)18-2/h11-13,15H,3-10H2,1-2H3. The minimum atomic E-state index is -0.168. The van der Waals surface area contributed by atoms with Crippen molar-refractivity contribution in [2.45, 2.75) is 45.1 Å². The summed E-state index contributed by atoms with van der Waals surface area (Å²) in [4.78, 5) is 13.6. The van der Waals surface area contributed by atoms with E-state index < -0.39 is 0 Å². The molecule has 1 amide bonds. The third-order valence-corrected chi connectivity index (χ3v) is 4.02. The number of amides is 1. The molecule has 4 heteroatoms. The number of carbonyl (C=O) groups is 1. The highest BCUT2D eigenvalue weighted by Crippen LogP contribution is 2.37. The maximum absolute atomic E-state index is 11.7. The van der Waals surface area contributed by atoms with Crippen molar-refractivity contribution in [1.82, 2.24) is 10.2 Å². The second-order valence-electron chi connectivity index (χ2n) is 5.81. The Hall–Kier alpha value is -0.770. The van der Waals surface area contributed by atoms with E-state index >= 15 is 0 Å². The first-order valence-electron chi connectivity index (χ1n) is 7.29. The molecule has 1 saturated carbocycles. The number of hydrogen-bond donors (Lipinski definition) is 1. The molecule has 0 spiro atoms. The number of likely N-dealkylation sites (tertiary alicyclic amines) is 1. The maximum atomic E-state index is 11.7. The van der Waals surface area contributed by atoms with Gasteiger partial charge in [0.25, 0.3) is 0 Å². The number of nitrogens with one attached hydrogen (secondary N) is 1. The van der Waals surface area contributed by atoms with E-state index in [0.29, 0.717) is 12.0 Å². The molecule has 4 nitrogen and oxygen atoms in total. The number of piperidine rings is 1. The average molecular weight is 254 g/mol. The summed E-state index contributed by atoms with van der Waals surface area (Å²) in [5.74, 6) is 1.58. The molecule has 1 aliphatic carbocycles. The summed E-state index contributed by atoms with van der Waals surface area (Å²) < 4.78 is 4.87. The molecule has 0 bridgehead atoms. The van der Waals surface area contributed by atoms with E-state index in [9.17, 15) is 4.79 Å². The molecule has 1 aliphatic heterocycles. The van der Waals surface area contributed by atoms with Crippen LogP contribution in [0.1, 0.15) is 39.0 Å². The lowest BCUT2D eigenvalue weighted by atomic mass is 9.90. The highest BCUT2D eigenvalue weighted by Gasteiger charge is 2.33. The smallest absolute Gasteiger partial charge is 0.409 e. The predicted molar refractivity (Wildman–Crippen MR) is 71.5 cm³/mol. The number of ether oxygens (including phenoxy) is 1. The second-order valence-corrected chi connectivity index (χ2v) is 5.81. The SMILES string of the molecule is CCCNC1CC(CC2CC2)CN(C(=O)OC)C1. The molecule has 18 heavy (non-hydrogen) atoms. The summed E-state index contributed by atoms with van der Waals surface area (Å²) in [6.07, 6.45) is 6.26. The minimum absolute atomic E-state index is 0.168. The van der Waals surface area contributed by atoms with Crippen molar-refractivity contribution in [1.29, 1.82) is 0 Å². The van der Waals surface area contributed by atoms with E-state index in [2.05, 4.69) is 12.2 Å². The van der Waals surface area contributed by atoms with Gasteiger partial charge in [0.15, 0.2) is 0 Å². The van der Waals surface area contributed by atoms with Gasteiger partial charge in [0.2, 0.25) is 0 Å². The fraction of sp³-hybridized carbons (Fsp3) is 0.929. The second kappa shape index (κ2) is 6.41. The molecule has 1 N–H and O–H groups in total. The van der Waals surface area contributed by atoms with Crippen LogP contribution in [-0.4, -0.2) is 43.8 Å². The third kappa shape index (κ3) is 3.87. The Morgan fingerprint density at radius 2 is 2.11 bits per heavy atom. The Kier molecular flexibility index (Phi) is 4.87. The van der Waals surface area contributed by atoms with Crippen molar-refractivity contribution in [3.05, 3.63) is 0 Å². The zero-order valence-electron chi connectivity index (χ0n) is 11.7. The highest BCUT2D eigenvalue weighted by atomic mass is 16.5. The van der Waals surface area contributed by atoms with Crippen LogP contribution in [0.3, 0.4) is 0 Å². The van der Waals surface area contributed by atoms with Crippen LogP contribution in [0.2, 0.25) is 0 Å². The summed E-state index contributed by atoms with van der Waals surface area (Å²) in [6.45, 7) is 4.90. The minimum Gasteiger partial charge on any atom is -0.453 e. The van der Waals surface area contributed by atoms with E-state index in [4.69, 9.17) is 4.74 Å². The van der Waals surface area contributed by atoms with Crippen LogP contribution < -0.4 is 5.32 Å². The van der Waals surface area contributed by atoms with Crippen LogP contribution in [0.15, 0.2) is 0 Å². The van der Waals surface area contributed by atoms with Gasteiger partial charge in [0.05, 0.1) is 7.11 Å². The fourth-order valence-corrected chi connectivity index (χ4v) is 2.97. The zero-order chi connectivity index (χ0) is 13.0. The first-order chi connectivity index (χ1) is 8.72. The molecule has 1 saturated heterocycles. The van der Waals surface area contributed by atoms with Crippen molar-refractivity contribution in [3.63, 3.8) is 0 Å². The lowest BCUT2D eigenvalue weighted by molar-refractivity contribution is 0.0880. The summed E-state index contributed by atoms with van der Waals surface area (Å²) in [7, 11) is 1.47. The quantitative estimate of drug-likeness (QED) is 0.818. The molecule has 2 rings (SSSR count). The molecule has 1 heterocycles. The molecular formula is C14H26N2O2. The highest BCUT2D eigenvalue weighted by molar-refractivity contribution is 5.67. The van der Waals surface area contributed by atoms with Crippen LogP contribution in [0.4, 0.5) is 4.79 Å². The van der Waals surface area contributed by atoms with Gasteiger partial charge in [-0.3, -0.25) is 0 Å². The molecule has 2 aliphatic rings. The first-order valence-corrected chi connectivity index (χ1v) is 7.29. The van der Waals surface area contributed by atoms with Gasteiger partial charge in [0, 0.05) is 19.1 Å². The molecule has 0 radical (unpaired) electrons. The van der Waals surface area contributed by atoms with Gasteiger partial charge in [0.1, 0.15) is 0 Å². The van der Waals surface area contributed by atoms with Gasteiger partial charge in [-0.15, -0.1) is 0 Å². The van der Waals surface area contributed by atoms with Crippen molar-refractivity contribution in [2.24, 2.45) is 11.8 Å². The van der Waals surface area contributed by atoms with Crippen LogP contribution in [0, 0.1) is 11.8 Å².